The number of carbonyl (C=O) groups is 3. The normalized spacial score (nSPS) is 14.9. The Morgan fingerprint density at radius 3 is 2.00 bits per heavy atom. The van der Waals surface area contributed by atoms with Crippen molar-refractivity contribution in [3.05, 3.63) is 70.8 Å². The number of nitrogens with one attached hydrogen (secondary N) is 2. The minimum absolute atomic E-state index is 0.283. The Hall–Kier alpha value is -3.71. The van der Waals surface area contributed by atoms with Crippen molar-refractivity contribution in [3.8, 4) is 11.8 Å². The van der Waals surface area contributed by atoms with Crippen molar-refractivity contribution in [2.24, 2.45) is 0 Å². The van der Waals surface area contributed by atoms with Crippen LogP contribution in [0.15, 0.2) is 48.5 Å². The van der Waals surface area contributed by atoms with Crippen LogP contribution in [0.4, 0.5) is 0 Å². The van der Waals surface area contributed by atoms with E-state index < -0.39 is 23.8 Å². The molecular formula is C26H31N5O4. The van der Waals surface area contributed by atoms with E-state index in [0.717, 1.165) is 48.8 Å². The maximum atomic E-state index is 12.8. The van der Waals surface area contributed by atoms with Gasteiger partial charge in [-0.3, -0.25) is 24.5 Å². The summed E-state index contributed by atoms with van der Waals surface area (Å²) >= 11 is 0. The Labute approximate surface area is 205 Å². The zero-order chi connectivity index (χ0) is 25.4. The minimum atomic E-state index is -1.50. The predicted octanol–water partition coefficient (Wildman–Crippen LogP) is 0.526. The monoisotopic (exact) mass is 477 g/mol. The Balaban J connectivity index is 1.62. The highest BCUT2D eigenvalue weighted by molar-refractivity contribution is 6.08. The van der Waals surface area contributed by atoms with E-state index in [2.05, 4.69) is 46.1 Å². The molecular weight excluding hydrogens is 446 g/mol. The highest BCUT2D eigenvalue weighted by atomic mass is 16.5. The Morgan fingerprint density at radius 1 is 0.943 bits per heavy atom. The van der Waals surface area contributed by atoms with Crippen molar-refractivity contribution in [1.82, 2.24) is 25.5 Å². The van der Waals surface area contributed by atoms with Crippen molar-refractivity contribution in [3.63, 3.8) is 0 Å². The van der Waals surface area contributed by atoms with E-state index in [1.165, 1.54) is 25.1 Å². The second-order valence-corrected chi connectivity index (χ2v) is 8.51. The molecule has 2 aromatic rings. The molecule has 1 aliphatic heterocycles. The standard InChI is InChI=1S/C26H31N5O4/c1-27-24(32)23(25(33)28-35)30(3)26(34)22-12-10-20(11-13-22)5-4-19-6-8-21(9-7-19)18-31-16-14-29(2)15-17-31/h6-13,23,35H,14-18H2,1-3H3,(H,27,32)(H,28,33). The average Bonchev–Trinajstić information content (AvgIpc) is 2.89. The third kappa shape index (κ3) is 6.90. The smallest absolute Gasteiger partial charge is 0.275 e. The number of rotatable bonds is 6. The summed E-state index contributed by atoms with van der Waals surface area (Å²) in [6.07, 6.45) is 0. The quantitative estimate of drug-likeness (QED) is 0.243. The van der Waals surface area contributed by atoms with E-state index in [-0.39, 0.29) is 5.56 Å². The molecule has 2 aromatic carbocycles. The zero-order valence-corrected chi connectivity index (χ0v) is 20.2. The molecule has 0 saturated carbocycles. The Kier molecular flexibility index (Phi) is 8.98. The van der Waals surface area contributed by atoms with Crippen LogP contribution < -0.4 is 10.8 Å². The maximum Gasteiger partial charge on any atom is 0.275 e. The first-order valence-corrected chi connectivity index (χ1v) is 11.4. The number of likely N-dealkylation sites (N-methyl/N-ethyl adjacent to an activating group) is 3. The predicted molar refractivity (Wildman–Crippen MR) is 132 cm³/mol. The van der Waals surface area contributed by atoms with E-state index in [4.69, 9.17) is 5.21 Å². The van der Waals surface area contributed by atoms with Gasteiger partial charge in [0.05, 0.1) is 0 Å². The summed E-state index contributed by atoms with van der Waals surface area (Å²) in [4.78, 5) is 42.4. The van der Waals surface area contributed by atoms with E-state index in [0.29, 0.717) is 0 Å². The van der Waals surface area contributed by atoms with Gasteiger partial charge in [-0.1, -0.05) is 24.0 Å². The zero-order valence-electron chi connectivity index (χ0n) is 20.2. The number of hydroxylamine groups is 1. The molecule has 3 rings (SSSR count). The molecule has 35 heavy (non-hydrogen) atoms. The van der Waals surface area contributed by atoms with E-state index in [1.54, 1.807) is 24.3 Å². The first-order chi connectivity index (χ1) is 16.8. The SMILES string of the molecule is CNC(=O)C(C(=O)NO)N(C)C(=O)c1ccc(C#Cc2ccc(CN3CCN(C)CC3)cc2)cc1. The van der Waals surface area contributed by atoms with Gasteiger partial charge >= 0.3 is 0 Å². The number of carbonyl (C=O) groups excluding carboxylic acids is 3. The summed E-state index contributed by atoms with van der Waals surface area (Å²) < 4.78 is 0. The number of amides is 3. The molecule has 3 N–H and O–H groups in total. The lowest BCUT2D eigenvalue weighted by Gasteiger charge is -2.32. The number of piperazine rings is 1. The molecule has 0 aromatic heterocycles. The number of nitrogens with zero attached hydrogens (tertiary/aromatic N) is 3. The van der Waals surface area contributed by atoms with E-state index >= 15 is 0 Å². The summed E-state index contributed by atoms with van der Waals surface area (Å²) in [6, 6.07) is 13.3. The lowest BCUT2D eigenvalue weighted by molar-refractivity contribution is -0.140. The fourth-order valence-electron chi connectivity index (χ4n) is 3.79. The van der Waals surface area contributed by atoms with Gasteiger partial charge in [0.2, 0.25) is 0 Å². The van der Waals surface area contributed by atoms with Gasteiger partial charge in [-0.25, -0.2) is 5.48 Å². The topological polar surface area (TPSA) is 105 Å². The molecule has 1 fully saturated rings. The molecule has 184 valence electrons. The maximum absolute atomic E-state index is 12.8. The van der Waals surface area contributed by atoms with Crippen LogP contribution in [0.3, 0.4) is 0 Å². The Morgan fingerprint density at radius 2 is 1.49 bits per heavy atom. The van der Waals surface area contributed by atoms with Gasteiger partial charge in [-0.15, -0.1) is 0 Å². The number of hydrogen-bond donors (Lipinski definition) is 3. The van der Waals surface area contributed by atoms with Gasteiger partial charge in [0.15, 0.2) is 6.04 Å². The van der Waals surface area contributed by atoms with E-state index in [1.807, 2.05) is 12.1 Å². The third-order valence-electron chi connectivity index (χ3n) is 6.00. The number of benzene rings is 2. The van der Waals surface area contributed by atoms with Crippen molar-refractivity contribution >= 4 is 17.7 Å². The summed E-state index contributed by atoms with van der Waals surface area (Å²) in [7, 11) is 4.81. The van der Waals surface area contributed by atoms with Gasteiger partial charge in [-0.05, 0) is 49.0 Å². The van der Waals surface area contributed by atoms with Gasteiger partial charge in [0.1, 0.15) is 0 Å². The van der Waals surface area contributed by atoms with Crippen molar-refractivity contribution in [2.75, 3.05) is 47.3 Å². The summed E-state index contributed by atoms with van der Waals surface area (Å²) in [5.41, 5.74) is 4.58. The fraction of sp³-hybridized carbons (Fsp3) is 0.346. The Bertz CT molecular complexity index is 1080. The van der Waals surface area contributed by atoms with Crippen LogP contribution in [0.25, 0.3) is 0 Å². The molecule has 0 aliphatic carbocycles. The molecule has 1 saturated heterocycles. The second-order valence-electron chi connectivity index (χ2n) is 8.51. The van der Waals surface area contributed by atoms with E-state index in [9.17, 15) is 14.4 Å². The highest BCUT2D eigenvalue weighted by Gasteiger charge is 2.33. The van der Waals surface area contributed by atoms with Crippen molar-refractivity contribution in [1.29, 1.82) is 0 Å². The molecule has 3 amide bonds. The summed E-state index contributed by atoms with van der Waals surface area (Å²) in [6.45, 7) is 5.28. The third-order valence-corrected chi connectivity index (χ3v) is 6.00. The molecule has 9 nitrogen and oxygen atoms in total. The second kappa shape index (κ2) is 12.1. The number of hydrogen-bond acceptors (Lipinski definition) is 6. The van der Waals surface area contributed by atoms with Crippen molar-refractivity contribution in [2.45, 2.75) is 12.6 Å². The van der Waals surface area contributed by atoms with Gasteiger partial charge in [0, 0.05) is 63.5 Å². The van der Waals surface area contributed by atoms with Crippen LogP contribution in [-0.4, -0.2) is 91.0 Å². The van der Waals surface area contributed by atoms with Crippen molar-refractivity contribution < 1.29 is 19.6 Å². The molecule has 1 aliphatic rings. The molecule has 0 spiro atoms. The van der Waals surface area contributed by atoms with Crippen LogP contribution in [-0.2, 0) is 16.1 Å². The average molecular weight is 478 g/mol. The molecule has 1 heterocycles. The lowest BCUT2D eigenvalue weighted by Crippen LogP contribution is -2.54. The van der Waals surface area contributed by atoms with Crippen LogP contribution in [0, 0.1) is 11.8 Å². The molecule has 0 bridgehead atoms. The molecule has 9 heteroatoms. The molecule has 1 unspecified atom stereocenters. The highest BCUT2D eigenvalue weighted by Crippen LogP contribution is 2.11. The van der Waals surface area contributed by atoms with Gasteiger partial charge in [0.25, 0.3) is 17.7 Å². The summed E-state index contributed by atoms with van der Waals surface area (Å²) in [5.74, 6) is 3.96. The minimum Gasteiger partial charge on any atom is -0.357 e. The van der Waals surface area contributed by atoms with Crippen LogP contribution in [0.1, 0.15) is 27.0 Å². The first-order valence-electron chi connectivity index (χ1n) is 11.4. The van der Waals surface area contributed by atoms with Crippen LogP contribution >= 0.6 is 0 Å². The van der Waals surface area contributed by atoms with Crippen LogP contribution in [0.2, 0.25) is 0 Å². The van der Waals surface area contributed by atoms with Gasteiger partial charge in [-0.2, -0.15) is 0 Å². The molecule has 0 radical (unpaired) electrons. The first kappa shape index (κ1) is 25.9. The fourth-order valence-corrected chi connectivity index (χ4v) is 3.79. The lowest BCUT2D eigenvalue weighted by atomic mass is 10.1. The largest absolute Gasteiger partial charge is 0.357 e. The van der Waals surface area contributed by atoms with Gasteiger partial charge < -0.3 is 15.1 Å². The molecule has 1 atom stereocenters. The summed E-state index contributed by atoms with van der Waals surface area (Å²) in [5, 5.41) is 11.2. The van der Waals surface area contributed by atoms with Crippen LogP contribution in [0.5, 0.6) is 0 Å².